The van der Waals surface area contributed by atoms with Gasteiger partial charge in [-0.3, -0.25) is 4.40 Å². The molecule has 0 N–H and O–H groups in total. The number of pyridine rings is 1. The van der Waals surface area contributed by atoms with Crippen molar-refractivity contribution in [2.45, 2.75) is 25.7 Å². The average molecular weight is 173 g/mol. The van der Waals surface area contributed by atoms with E-state index in [4.69, 9.17) is 0 Å². The lowest BCUT2D eigenvalue weighted by Crippen LogP contribution is -1.91. The third-order valence-electron chi connectivity index (χ3n) is 2.53. The highest BCUT2D eigenvalue weighted by atomic mass is 15.2. The lowest BCUT2D eigenvalue weighted by Gasteiger charge is -1.97. The Morgan fingerprint density at radius 2 is 2.23 bits per heavy atom. The number of hydrogen-bond donors (Lipinski definition) is 0. The minimum atomic E-state index is 0.665. The van der Waals surface area contributed by atoms with Crippen LogP contribution in [0.25, 0.3) is 5.65 Å². The van der Waals surface area contributed by atoms with Crippen molar-refractivity contribution in [3.05, 3.63) is 29.7 Å². The average Bonchev–Trinajstić information content (AvgIpc) is 2.87. The van der Waals surface area contributed by atoms with Gasteiger partial charge in [-0.15, -0.1) is 10.2 Å². The van der Waals surface area contributed by atoms with E-state index in [1.54, 1.807) is 0 Å². The summed E-state index contributed by atoms with van der Waals surface area (Å²) in [6, 6.07) is 4.17. The van der Waals surface area contributed by atoms with Gasteiger partial charge in [-0.2, -0.15) is 0 Å². The zero-order chi connectivity index (χ0) is 8.84. The molecule has 13 heavy (non-hydrogen) atoms. The monoisotopic (exact) mass is 173 g/mol. The van der Waals surface area contributed by atoms with Crippen LogP contribution >= 0.6 is 0 Å². The molecule has 66 valence electrons. The molecule has 2 aromatic rings. The maximum Gasteiger partial charge on any atom is 0.161 e. The number of aryl methyl sites for hydroxylation is 1. The van der Waals surface area contributed by atoms with E-state index in [2.05, 4.69) is 39.9 Å². The molecule has 1 aliphatic carbocycles. The number of hydrogen-bond acceptors (Lipinski definition) is 2. The largest absolute Gasteiger partial charge is 0.286 e. The molecule has 0 unspecified atom stereocenters. The molecule has 3 heteroatoms. The Morgan fingerprint density at radius 3 is 3.00 bits per heavy atom. The van der Waals surface area contributed by atoms with E-state index in [9.17, 15) is 0 Å². The molecule has 0 aromatic carbocycles. The zero-order valence-corrected chi connectivity index (χ0v) is 7.57. The highest BCUT2D eigenvalue weighted by molar-refractivity contribution is 5.41. The first-order valence-electron chi connectivity index (χ1n) is 4.66. The quantitative estimate of drug-likeness (QED) is 0.659. The van der Waals surface area contributed by atoms with Crippen LogP contribution in [0.2, 0.25) is 0 Å². The standard InChI is InChI=1S/C10H11N3/c1-7-4-5-13-9(6-7)11-12-10(13)8-2-3-8/h4-6,8H,2-3H2,1H3. The van der Waals surface area contributed by atoms with E-state index in [0.29, 0.717) is 5.92 Å². The predicted molar refractivity (Wildman–Crippen MR) is 49.7 cm³/mol. The van der Waals surface area contributed by atoms with Crippen molar-refractivity contribution >= 4 is 5.65 Å². The van der Waals surface area contributed by atoms with E-state index < -0.39 is 0 Å². The van der Waals surface area contributed by atoms with Gasteiger partial charge >= 0.3 is 0 Å². The van der Waals surface area contributed by atoms with Crippen molar-refractivity contribution in [1.29, 1.82) is 0 Å². The lowest BCUT2D eigenvalue weighted by molar-refractivity contribution is 0.897. The molecule has 3 rings (SSSR count). The summed E-state index contributed by atoms with van der Waals surface area (Å²) in [5, 5.41) is 8.37. The molecule has 0 amide bonds. The van der Waals surface area contributed by atoms with Crippen LogP contribution in [0.4, 0.5) is 0 Å². The van der Waals surface area contributed by atoms with Gasteiger partial charge in [-0.25, -0.2) is 0 Å². The summed E-state index contributed by atoms with van der Waals surface area (Å²) in [5.74, 6) is 1.80. The van der Waals surface area contributed by atoms with Crippen molar-refractivity contribution < 1.29 is 0 Å². The van der Waals surface area contributed by atoms with Crippen molar-refractivity contribution in [2.24, 2.45) is 0 Å². The molecule has 0 saturated heterocycles. The highest BCUT2D eigenvalue weighted by Gasteiger charge is 2.28. The van der Waals surface area contributed by atoms with Gasteiger partial charge in [0.25, 0.3) is 0 Å². The SMILES string of the molecule is Cc1ccn2c(C3CC3)nnc2c1. The summed E-state index contributed by atoms with van der Waals surface area (Å²) in [6.45, 7) is 2.07. The molecule has 1 fully saturated rings. The second-order valence-corrected chi connectivity index (χ2v) is 3.76. The molecule has 0 bridgehead atoms. The molecule has 0 aliphatic heterocycles. The minimum Gasteiger partial charge on any atom is -0.286 e. The molecule has 0 radical (unpaired) electrons. The van der Waals surface area contributed by atoms with Gasteiger partial charge in [-0.1, -0.05) is 0 Å². The smallest absolute Gasteiger partial charge is 0.161 e. The molecule has 2 aromatic heterocycles. The van der Waals surface area contributed by atoms with Gasteiger partial charge in [0.05, 0.1) is 0 Å². The molecule has 1 aliphatic rings. The number of aromatic nitrogens is 3. The van der Waals surface area contributed by atoms with Crippen LogP contribution in [0.5, 0.6) is 0 Å². The Hall–Kier alpha value is -1.38. The van der Waals surface area contributed by atoms with Crippen LogP contribution in [0.1, 0.15) is 30.1 Å². The van der Waals surface area contributed by atoms with Gasteiger partial charge in [0.2, 0.25) is 0 Å². The summed E-state index contributed by atoms with van der Waals surface area (Å²) in [7, 11) is 0. The Morgan fingerprint density at radius 1 is 1.38 bits per heavy atom. The Kier molecular flexibility index (Phi) is 1.26. The van der Waals surface area contributed by atoms with Gasteiger partial charge in [0, 0.05) is 12.1 Å². The number of fused-ring (bicyclic) bond motifs is 1. The normalized spacial score (nSPS) is 16.7. The van der Waals surface area contributed by atoms with Crippen LogP contribution in [-0.2, 0) is 0 Å². The van der Waals surface area contributed by atoms with Crippen LogP contribution < -0.4 is 0 Å². The van der Waals surface area contributed by atoms with E-state index in [-0.39, 0.29) is 0 Å². The molecule has 3 nitrogen and oxygen atoms in total. The van der Waals surface area contributed by atoms with Gasteiger partial charge in [-0.05, 0) is 37.5 Å². The molecular formula is C10H11N3. The van der Waals surface area contributed by atoms with Crippen LogP contribution in [0.3, 0.4) is 0 Å². The van der Waals surface area contributed by atoms with E-state index in [1.165, 1.54) is 18.4 Å². The topological polar surface area (TPSA) is 30.2 Å². The second-order valence-electron chi connectivity index (χ2n) is 3.76. The van der Waals surface area contributed by atoms with E-state index in [0.717, 1.165) is 11.5 Å². The third-order valence-corrected chi connectivity index (χ3v) is 2.53. The molecular weight excluding hydrogens is 162 g/mol. The van der Waals surface area contributed by atoms with E-state index >= 15 is 0 Å². The van der Waals surface area contributed by atoms with Crippen molar-refractivity contribution in [3.63, 3.8) is 0 Å². The Labute approximate surface area is 76.4 Å². The zero-order valence-electron chi connectivity index (χ0n) is 7.57. The Bertz CT molecular complexity index is 454. The first-order chi connectivity index (χ1) is 6.34. The van der Waals surface area contributed by atoms with Gasteiger partial charge in [0.15, 0.2) is 5.65 Å². The number of rotatable bonds is 1. The van der Waals surface area contributed by atoms with E-state index in [1.807, 2.05) is 0 Å². The molecule has 1 saturated carbocycles. The fourth-order valence-electron chi connectivity index (χ4n) is 1.63. The van der Waals surface area contributed by atoms with Crippen molar-refractivity contribution in [1.82, 2.24) is 14.6 Å². The Balaban J connectivity index is 2.26. The summed E-state index contributed by atoms with van der Waals surface area (Å²) < 4.78 is 2.10. The molecule has 0 spiro atoms. The van der Waals surface area contributed by atoms with Crippen molar-refractivity contribution in [2.75, 3.05) is 0 Å². The van der Waals surface area contributed by atoms with Gasteiger partial charge in [0.1, 0.15) is 5.82 Å². The fraction of sp³-hybridized carbons (Fsp3) is 0.400. The second kappa shape index (κ2) is 2.31. The minimum absolute atomic E-state index is 0.665. The highest BCUT2D eigenvalue weighted by Crippen LogP contribution is 2.38. The van der Waals surface area contributed by atoms with Crippen LogP contribution in [0, 0.1) is 6.92 Å². The molecule has 2 heterocycles. The first kappa shape index (κ1) is 7.06. The number of nitrogens with zero attached hydrogens (tertiary/aromatic N) is 3. The molecule has 0 atom stereocenters. The van der Waals surface area contributed by atoms with Crippen LogP contribution in [-0.4, -0.2) is 14.6 Å². The predicted octanol–water partition coefficient (Wildman–Crippen LogP) is 1.92. The third kappa shape index (κ3) is 1.03. The first-order valence-corrected chi connectivity index (χ1v) is 4.66. The lowest BCUT2D eigenvalue weighted by atomic mass is 10.3. The van der Waals surface area contributed by atoms with Gasteiger partial charge < -0.3 is 0 Å². The fourth-order valence-corrected chi connectivity index (χ4v) is 1.63. The van der Waals surface area contributed by atoms with Crippen molar-refractivity contribution in [3.8, 4) is 0 Å². The summed E-state index contributed by atoms with van der Waals surface area (Å²) >= 11 is 0. The summed E-state index contributed by atoms with van der Waals surface area (Å²) in [5.41, 5.74) is 2.21. The maximum atomic E-state index is 4.21. The van der Waals surface area contributed by atoms with Crippen LogP contribution in [0.15, 0.2) is 18.3 Å². The maximum absolute atomic E-state index is 4.21. The summed E-state index contributed by atoms with van der Waals surface area (Å²) in [6.07, 6.45) is 4.61. The summed E-state index contributed by atoms with van der Waals surface area (Å²) in [4.78, 5) is 0.